The molecule has 0 spiro atoms. The molecular weight excluding hydrogens is 190 g/mol. The highest BCUT2D eigenvalue weighted by atomic mass is 15.2. The van der Waals surface area contributed by atoms with Gasteiger partial charge in [-0.1, -0.05) is 20.8 Å². The lowest BCUT2D eigenvalue weighted by molar-refractivity contribution is 0.901. The summed E-state index contributed by atoms with van der Waals surface area (Å²) < 4.78 is 0. The summed E-state index contributed by atoms with van der Waals surface area (Å²) in [6, 6.07) is 0. The largest absolute Gasteiger partial charge is 0.306 e. The number of rotatable bonds is 3. The Balaban J connectivity index is 0.000000921. The molecule has 0 atom stereocenters. The number of aryl methyl sites for hydroxylation is 1. The van der Waals surface area contributed by atoms with E-state index in [0.717, 1.165) is 12.6 Å². The van der Waals surface area contributed by atoms with Crippen molar-refractivity contribution in [3.8, 4) is 0 Å². The van der Waals surface area contributed by atoms with Gasteiger partial charge in [-0.05, 0) is 13.3 Å². The second-order valence-electron chi connectivity index (χ2n) is 2.43. The Morgan fingerprint density at radius 1 is 1.33 bits per heavy atom. The molecular formula is C10H17N5. The molecule has 0 saturated carbocycles. The Morgan fingerprint density at radius 2 is 2.00 bits per heavy atom. The van der Waals surface area contributed by atoms with Gasteiger partial charge in [0.05, 0.1) is 0 Å². The zero-order valence-electron chi connectivity index (χ0n) is 9.65. The molecule has 0 aliphatic heterocycles. The zero-order chi connectivity index (χ0) is 11.7. The third-order valence-electron chi connectivity index (χ3n) is 1.33. The molecule has 82 valence electrons. The molecule has 0 bridgehead atoms. The van der Waals surface area contributed by atoms with E-state index in [4.69, 9.17) is 5.41 Å². The van der Waals surface area contributed by atoms with Gasteiger partial charge in [-0.2, -0.15) is 0 Å². The molecule has 0 aliphatic rings. The van der Waals surface area contributed by atoms with Crippen LogP contribution in [0.2, 0.25) is 0 Å². The summed E-state index contributed by atoms with van der Waals surface area (Å²) in [5, 5.41) is 14.7. The quantitative estimate of drug-likeness (QED) is 0.773. The van der Waals surface area contributed by atoms with Crippen molar-refractivity contribution < 1.29 is 0 Å². The predicted molar refractivity (Wildman–Crippen MR) is 62.2 cm³/mol. The molecule has 0 radical (unpaired) electrons. The summed E-state index contributed by atoms with van der Waals surface area (Å²) in [7, 11) is 0. The lowest BCUT2D eigenvalue weighted by Gasteiger charge is -1.96. The average molecular weight is 207 g/mol. The standard InChI is InChI=1S/C8H11N5.C2H6/c1-3-4-10-8-7(5-9)11-6(2)12-13-8;1-2/h4-5,9H,3H2,1-2H3;1-2H3/b9-5?,10-4-;. The second-order valence-corrected chi connectivity index (χ2v) is 2.43. The molecule has 15 heavy (non-hydrogen) atoms. The molecule has 1 heterocycles. The molecule has 0 aromatic carbocycles. The van der Waals surface area contributed by atoms with Crippen LogP contribution in [0.15, 0.2) is 4.99 Å². The third kappa shape index (κ3) is 4.39. The van der Waals surface area contributed by atoms with Crippen molar-refractivity contribution in [2.24, 2.45) is 4.99 Å². The summed E-state index contributed by atoms with van der Waals surface area (Å²) in [5.41, 5.74) is 0.456. The number of nitrogens with zero attached hydrogens (tertiary/aromatic N) is 4. The SMILES string of the molecule is CC.CC/C=N\c1nnc(C)nc1C=N. The van der Waals surface area contributed by atoms with Crippen molar-refractivity contribution in [3.63, 3.8) is 0 Å². The number of aliphatic imine (C=N–C) groups is 1. The number of hydrogen-bond donors (Lipinski definition) is 1. The van der Waals surface area contributed by atoms with Crippen LogP contribution in [0, 0.1) is 12.3 Å². The van der Waals surface area contributed by atoms with E-state index in [9.17, 15) is 0 Å². The van der Waals surface area contributed by atoms with Crippen LogP contribution in [0.25, 0.3) is 0 Å². The summed E-state index contributed by atoms with van der Waals surface area (Å²) in [5.74, 6) is 0.955. The van der Waals surface area contributed by atoms with E-state index in [-0.39, 0.29) is 0 Å². The van der Waals surface area contributed by atoms with Crippen molar-refractivity contribution in [3.05, 3.63) is 11.5 Å². The van der Waals surface area contributed by atoms with Gasteiger partial charge in [0.2, 0.25) is 5.82 Å². The normalized spacial score (nSPS) is 9.60. The monoisotopic (exact) mass is 207 g/mol. The fraction of sp³-hybridized carbons (Fsp3) is 0.500. The number of hydrogen-bond acceptors (Lipinski definition) is 5. The van der Waals surface area contributed by atoms with Gasteiger partial charge in [0.1, 0.15) is 11.5 Å². The van der Waals surface area contributed by atoms with Crippen LogP contribution in [0.3, 0.4) is 0 Å². The molecule has 5 heteroatoms. The maximum absolute atomic E-state index is 7.09. The highest BCUT2D eigenvalue weighted by molar-refractivity contribution is 5.81. The topological polar surface area (TPSA) is 74.9 Å². The van der Waals surface area contributed by atoms with E-state index in [0.29, 0.717) is 17.3 Å². The van der Waals surface area contributed by atoms with Crippen molar-refractivity contribution in [1.82, 2.24) is 15.2 Å². The van der Waals surface area contributed by atoms with Crippen molar-refractivity contribution >= 4 is 18.2 Å². The fourth-order valence-electron chi connectivity index (χ4n) is 0.784. The first-order valence-electron chi connectivity index (χ1n) is 5.02. The Kier molecular flexibility index (Phi) is 6.88. The molecule has 5 nitrogen and oxygen atoms in total. The summed E-state index contributed by atoms with van der Waals surface area (Å²) in [6.07, 6.45) is 3.67. The van der Waals surface area contributed by atoms with E-state index in [1.54, 1.807) is 13.1 Å². The van der Waals surface area contributed by atoms with Gasteiger partial charge in [-0.15, -0.1) is 10.2 Å². The molecule has 0 amide bonds. The van der Waals surface area contributed by atoms with Crippen LogP contribution in [-0.4, -0.2) is 27.6 Å². The van der Waals surface area contributed by atoms with Gasteiger partial charge in [-0.25, -0.2) is 9.98 Å². The van der Waals surface area contributed by atoms with Crippen LogP contribution in [-0.2, 0) is 0 Å². The van der Waals surface area contributed by atoms with Crippen molar-refractivity contribution in [1.29, 1.82) is 5.41 Å². The van der Waals surface area contributed by atoms with Gasteiger partial charge < -0.3 is 5.41 Å². The minimum Gasteiger partial charge on any atom is -0.306 e. The second kappa shape index (κ2) is 7.73. The summed E-state index contributed by atoms with van der Waals surface area (Å²) in [4.78, 5) is 8.04. The van der Waals surface area contributed by atoms with E-state index in [1.165, 1.54) is 0 Å². The lowest BCUT2D eigenvalue weighted by atomic mass is 10.4. The minimum atomic E-state index is 0.405. The van der Waals surface area contributed by atoms with Crippen LogP contribution in [0.5, 0.6) is 0 Å². The fourth-order valence-corrected chi connectivity index (χ4v) is 0.784. The molecule has 1 aromatic heterocycles. The first kappa shape index (κ1) is 13.4. The molecule has 1 rings (SSSR count). The summed E-state index contributed by atoms with van der Waals surface area (Å²) >= 11 is 0. The molecule has 0 unspecified atom stereocenters. The van der Waals surface area contributed by atoms with Crippen molar-refractivity contribution in [2.75, 3.05) is 0 Å². The van der Waals surface area contributed by atoms with Gasteiger partial charge in [0.15, 0.2) is 0 Å². The zero-order valence-corrected chi connectivity index (χ0v) is 9.65. The van der Waals surface area contributed by atoms with Gasteiger partial charge in [-0.3, -0.25) is 0 Å². The van der Waals surface area contributed by atoms with Crippen LogP contribution in [0.1, 0.15) is 38.7 Å². The molecule has 0 fully saturated rings. The van der Waals surface area contributed by atoms with Gasteiger partial charge >= 0.3 is 0 Å². The lowest BCUT2D eigenvalue weighted by Crippen LogP contribution is -1.97. The van der Waals surface area contributed by atoms with E-state index in [2.05, 4.69) is 20.2 Å². The first-order chi connectivity index (χ1) is 7.27. The van der Waals surface area contributed by atoms with Crippen LogP contribution < -0.4 is 0 Å². The molecule has 1 aromatic rings. The molecule has 0 saturated heterocycles. The Hall–Kier alpha value is -1.65. The van der Waals surface area contributed by atoms with Crippen molar-refractivity contribution in [2.45, 2.75) is 34.1 Å². The van der Waals surface area contributed by atoms with Crippen LogP contribution >= 0.6 is 0 Å². The maximum Gasteiger partial charge on any atom is 0.201 e. The first-order valence-corrected chi connectivity index (χ1v) is 5.02. The average Bonchev–Trinajstić information content (AvgIpc) is 2.30. The molecule has 1 N–H and O–H groups in total. The van der Waals surface area contributed by atoms with Gasteiger partial charge in [0.25, 0.3) is 0 Å². The molecule has 0 aliphatic carbocycles. The Morgan fingerprint density at radius 3 is 2.53 bits per heavy atom. The minimum absolute atomic E-state index is 0.405. The van der Waals surface area contributed by atoms with E-state index >= 15 is 0 Å². The maximum atomic E-state index is 7.09. The highest BCUT2D eigenvalue weighted by Crippen LogP contribution is 2.08. The number of aromatic nitrogens is 3. The predicted octanol–water partition coefficient (Wildman–Crippen LogP) is 2.32. The number of nitrogens with one attached hydrogen (secondary N) is 1. The third-order valence-corrected chi connectivity index (χ3v) is 1.33. The smallest absolute Gasteiger partial charge is 0.201 e. The highest BCUT2D eigenvalue weighted by Gasteiger charge is 2.01. The van der Waals surface area contributed by atoms with Crippen LogP contribution in [0.4, 0.5) is 5.82 Å². The summed E-state index contributed by atoms with van der Waals surface area (Å²) in [6.45, 7) is 7.70. The Bertz CT molecular complexity index is 333. The Labute approximate surface area is 90.2 Å². The van der Waals surface area contributed by atoms with E-state index < -0.39 is 0 Å². The van der Waals surface area contributed by atoms with E-state index in [1.807, 2.05) is 20.8 Å². The van der Waals surface area contributed by atoms with Gasteiger partial charge in [0, 0.05) is 12.4 Å².